The van der Waals surface area contributed by atoms with E-state index in [-0.39, 0.29) is 21.5 Å². The Morgan fingerprint density at radius 3 is 1.45 bits per heavy atom. The number of alkyl halides is 2. The molecule has 0 aromatic heterocycles. The molecule has 0 saturated carbocycles. The first-order chi connectivity index (χ1) is 9.47. The number of anilines is 2. The van der Waals surface area contributed by atoms with Crippen LogP contribution < -0.4 is 10.6 Å². The Labute approximate surface area is 136 Å². The van der Waals surface area contributed by atoms with Crippen molar-refractivity contribution in [1.29, 1.82) is 0 Å². The number of carbonyl (C=O) groups is 2. The normalized spacial score (nSPS) is 13.4. The Bertz CT molecular complexity index is 420. The highest BCUT2D eigenvalue weighted by molar-refractivity contribution is 9.10. The molecule has 0 spiro atoms. The largest absolute Gasteiger partial charge is 0.325 e. The molecule has 2 N–H and O–H groups in total. The monoisotopic (exact) mass is 404 g/mol. The van der Waals surface area contributed by atoms with Gasteiger partial charge < -0.3 is 10.6 Å². The molecule has 1 aromatic rings. The molecule has 2 unspecified atom stereocenters. The van der Waals surface area contributed by atoms with Gasteiger partial charge in [-0.05, 0) is 37.1 Å². The molecule has 6 heteroatoms. The maximum absolute atomic E-state index is 11.7. The van der Waals surface area contributed by atoms with Crippen molar-refractivity contribution in [2.75, 3.05) is 10.6 Å². The third kappa shape index (κ3) is 5.25. The van der Waals surface area contributed by atoms with Crippen LogP contribution in [0.15, 0.2) is 24.3 Å². The number of halogens is 2. The molecule has 0 bridgehead atoms. The number of amides is 2. The molecule has 1 rings (SSSR count). The quantitative estimate of drug-likeness (QED) is 0.705. The van der Waals surface area contributed by atoms with Gasteiger partial charge in [0.1, 0.15) is 0 Å². The van der Waals surface area contributed by atoms with E-state index >= 15 is 0 Å². The van der Waals surface area contributed by atoms with Crippen LogP contribution in [-0.4, -0.2) is 21.5 Å². The van der Waals surface area contributed by atoms with Gasteiger partial charge in [-0.25, -0.2) is 0 Å². The Kier molecular flexibility index (Phi) is 7.23. The Hall–Kier alpha value is -0.880. The van der Waals surface area contributed by atoms with Gasteiger partial charge in [-0.15, -0.1) is 0 Å². The minimum atomic E-state index is -0.194. The lowest BCUT2D eigenvalue weighted by atomic mass is 10.2. The summed E-state index contributed by atoms with van der Waals surface area (Å²) in [6.07, 6.45) is 1.45. The first-order valence-corrected chi connectivity index (χ1v) is 8.31. The van der Waals surface area contributed by atoms with Crippen molar-refractivity contribution >= 4 is 55.0 Å². The number of hydrogen-bond donors (Lipinski definition) is 2. The van der Waals surface area contributed by atoms with Crippen LogP contribution in [0.4, 0.5) is 11.4 Å². The summed E-state index contributed by atoms with van der Waals surface area (Å²) in [5, 5.41) is 5.60. The van der Waals surface area contributed by atoms with Crippen LogP contribution in [0.2, 0.25) is 0 Å². The van der Waals surface area contributed by atoms with Gasteiger partial charge in [-0.1, -0.05) is 45.7 Å². The summed E-state index contributed by atoms with van der Waals surface area (Å²) in [7, 11) is 0. The minimum absolute atomic E-state index is 0.0733. The van der Waals surface area contributed by atoms with E-state index in [9.17, 15) is 9.59 Å². The highest BCUT2D eigenvalue weighted by Gasteiger charge is 2.13. The standard InChI is InChI=1S/C14H18Br2N2O2/c1-3-11(15)13(19)17-9-5-7-10(8-6-9)18-14(20)12(16)4-2/h5-8,11-12H,3-4H2,1-2H3,(H,17,19)(H,18,20). The van der Waals surface area contributed by atoms with Gasteiger partial charge in [0, 0.05) is 11.4 Å². The molecule has 2 atom stereocenters. The van der Waals surface area contributed by atoms with E-state index in [0.717, 1.165) is 12.8 Å². The molecule has 2 amide bonds. The van der Waals surface area contributed by atoms with Gasteiger partial charge in [0.25, 0.3) is 0 Å². The molecule has 20 heavy (non-hydrogen) atoms. The second-order valence-corrected chi connectivity index (χ2v) is 6.52. The van der Waals surface area contributed by atoms with Crippen molar-refractivity contribution in [3.05, 3.63) is 24.3 Å². The van der Waals surface area contributed by atoms with E-state index in [2.05, 4.69) is 42.5 Å². The highest BCUT2D eigenvalue weighted by Crippen LogP contribution is 2.17. The average Bonchev–Trinajstić information content (AvgIpc) is 2.47. The third-order valence-corrected chi connectivity index (χ3v) is 4.83. The lowest BCUT2D eigenvalue weighted by molar-refractivity contribution is -0.116. The molecule has 0 radical (unpaired) electrons. The highest BCUT2D eigenvalue weighted by atomic mass is 79.9. The SMILES string of the molecule is CCC(Br)C(=O)Nc1ccc(NC(=O)C(Br)CC)cc1. The van der Waals surface area contributed by atoms with Crippen LogP contribution in [0.25, 0.3) is 0 Å². The zero-order chi connectivity index (χ0) is 15.1. The third-order valence-electron chi connectivity index (χ3n) is 2.71. The minimum Gasteiger partial charge on any atom is -0.325 e. The summed E-state index contributed by atoms with van der Waals surface area (Å²) in [6, 6.07) is 7.05. The van der Waals surface area contributed by atoms with Crippen molar-refractivity contribution in [3.8, 4) is 0 Å². The fourth-order valence-corrected chi connectivity index (χ4v) is 1.68. The van der Waals surface area contributed by atoms with E-state index in [4.69, 9.17) is 0 Å². The van der Waals surface area contributed by atoms with Crippen LogP contribution in [0.1, 0.15) is 26.7 Å². The number of rotatable bonds is 6. The van der Waals surface area contributed by atoms with Crippen LogP contribution in [0.3, 0.4) is 0 Å². The summed E-state index contributed by atoms with van der Waals surface area (Å²) >= 11 is 6.59. The second kappa shape index (κ2) is 8.42. The Morgan fingerprint density at radius 2 is 1.20 bits per heavy atom. The number of nitrogens with one attached hydrogen (secondary N) is 2. The maximum Gasteiger partial charge on any atom is 0.238 e. The zero-order valence-corrected chi connectivity index (χ0v) is 14.6. The average molecular weight is 406 g/mol. The number of hydrogen-bond acceptors (Lipinski definition) is 2. The van der Waals surface area contributed by atoms with Crippen molar-refractivity contribution in [2.45, 2.75) is 36.3 Å². The lowest BCUT2D eigenvalue weighted by Crippen LogP contribution is -2.22. The molecule has 4 nitrogen and oxygen atoms in total. The molecule has 0 saturated heterocycles. The first kappa shape index (κ1) is 17.2. The van der Waals surface area contributed by atoms with E-state index in [0.29, 0.717) is 11.4 Å². The maximum atomic E-state index is 11.7. The topological polar surface area (TPSA) is 58.2 Å². The van der Waals surface area contributed by atoms with Gasteiger partial charge in [-0.3, -0.25) is 9.59 Å². The Balaban J connectivity index is 2.61. The fourth-order valence-electron chi connectivity index (χ4n) is 1.45. The second-order valence-electron chi connectivity index (χ2n) is 4.31. The molecular formula is C14H18Br2N2O2. The van der Waals surface area contributed by atoms with Crippen LogP contribution in [-0.2, 0) is 9.59 Å². The summed E-state index contributed by atoms with van der Waals surface area (Å²) < 4.78 is 0. The summed E-state index contributed by atoms with van der Waals surface area (Å²) in [6.45, 7) is 3.87. The van der Waals surface area contributed by atoms with Gasteiger partial charge in [-0.2, -0.15) is 0 Å². The molecule has 0 fully saturated rings. The van der Waals surface area contributed by atoms with Crippen LogP contribution >= 0.6 is 31.9 Å². The van der Waals surface area contributed by atoms with E-state index < -0.39 is 0 Å². The predicted octanol–water partition coefficient (Wildman–Crippen LogP) is 3.91. The summed E-state index contributed by atoms with van der Waals surface area (Å²) in [5.74, 6) is -0.147. The molecule has 0 aliphatic heterocycles. The van der Waals surface area contributed by atoms with E-state index in [1.165, 1.54) is 0 Å². The molecule has 0 heterocycles. The van der Waals surface area contributed by atoms with Gasteiger partial charge >= 0.3 is 0 Å². The molecular weight excluding hydrogens is 388 g/mol. The molecule has 110 valence electrons. The van der Waals surface area contributed by atoms with Gasteiger partial charge in [0.15, 0.2) is 0 Å². The molecule has 0 aliphatic carbocycles. The van der Waals surface area contributed by atoms with Gasteiger partial charge in [0.05, 0.1) is 9.65 Å². The van der Waals surface area contributed by atoms with Gasteiger partial charge in [0.2, 0.25) is 11.8 Å². The number of benzene rings is 1. The predicted molar refractivity (Wildman–Crippen MR) is 89.7 cm³/mol. The van der Waals surface area contributed by atoms with Crippen LogP contribution in [0.5, 0.6) is 0 Å². The van der Waals surface area contributed by atoms with Crippen molar-refractivity contribution in [1.82, 2.24) is 0 Å². The first-order valence-electron chi connectivity index (χ1n) is 6.47. The molecule has 1 aromatic carbocycles. The van der Waals surface area contributed by atoms with E-state index in [1.807, 2.05) is 13.8 Å². The lowest BCUT2D eigenvalue weighted by Gasteiger charge is -2.11. The summed E-state index contributed by atoms with van der Waals surface area (Å²) in [5.41, 5.74) is 1.41. The van der Waals surface area contributed by atoms with Crippen LogP contribution in [0, 0.1) is 0 Å². The zero-order valence-electron chi connectivity index (χ0n) is 11.5. The molecule has 0 aliphatic rings. The smallest absolute Gasteiger partial charge is 0.238 e. The van der Waals surface area contributed by atoms with E-state index in [1.54, 1.807) is 24.3 Å². The fraction of sp³-hybridized carbons (Fsp3) is 0.429. The van der Waals surface area contributed by atoms with Crippen molar-refractivity contribution in [2.24, 2.45) is 0 Å². The van der Waals surface area contributed by atoms with Crippen molar-refractivity contribution < 1.29 is 9.59 Å². The summed E-state index contributed by atoms with van der Waals surface area (Å²) in [4.78, 5) is 23.0. The number of carbonyl (C=O) groups excluding carboxylic acids is 2. The van der Waals surface area contributed by atoms with Crippen molar-refractivity contribution in [3.63, 3.8) is 0 Å². The Morgan fingerprint density at radius 1 is 0.900 bits per heavy atom.